The van der Waals surface area contributed by atoms with Crippen LogP contribution in [0.25, 0.3) is 21.8 Å². The highest BCUT2D eigenvalue weighted by molar-refractivity contribution is 5.96. The van der Waals surface area contributed by atoms with Gasteiger partial charge in [-0.15, -0.1) is 0 Å². The van der Waals surface area contributed by atoms with Gasteiger partial charge in [-0.2, -0.15) is 26.3 Å². The second-order valence-electron chi connectivity index (χ2n) is 15.3. The SMILES string of the molecule is O=C(CCC(=O)Nc1ccc2ncccc2c1)NCCCNCCCCCCCCCCNCCCNC(=O)CCC(=O)Nc1ccc2ncccc2c1.O=C(O)C(F)(F)F.O=C(O)C(F)(F)F. The summed E-state index contributed by atoms with van der Waals surface area (Å²) in [4.78, 5) is 75.1. The molecule has 374 valence electrons. The number of benzene rings is 2. The Morgan fingerprint density at radius 2 is 0.765 bits per heavy atom. The minimum Gasteiger partial charge on any atom is -0.475 e. The Balaban J connectivity index is 0.000000982. The molecule has 0 aliphatic rings. The number of unbranched alkanes of at least 4 members (excludes halogenated alkanes) is 7. The van der Waals surface area contributed by atoms with E-state index in [1.54, 1.807) is 12.4 Å². The van der Waals surface area contributed by atoms with E-state index in [-0.39, 0.29) is 49.3 Å². The van der Waals surface area contributed by atoms with E-state index < -0.39 is 24.3 Å². The minimum absolute atomic E-state index is 0.102. The molecule has 0 bridgehead atoms. The van der Waals surface area contributed by atoms with Crippen molar-refractivity contribution in [3.8, 4) is 0 Å². The molecule has 4 amide bonds. The Hall–Kier alpha value is -6.42. The standard InChI is InChI=1S/C42H58N8O4.2C2HF3O2/c51-39(19-21-41(53)49-35-15-17-37-33(31-35)13-9-27-45-37)47-29-11-25-43-23-7-5-3-1-2-4-6-8-24-44-26-12-30-48-40(52)20-22-42(54)50-36-16-18-38-34(32-36)14-10-28-46-38;2*3-2(4,5)1(6)7/h9-10,13-18,27-28,31-32,43-44H,1-8,11-12,19-26,29-30H2,(H,47,51)(H,48,52)(H,49,53)(H,50,54);2*(H,6,7). The number of carboxylic acid groups (broad SMARTS) is 2. The highest BCUT2D eigenvalue weighted by atomic mass is 19.4. The van der Waals surface area contributed by atoms with Crippen molar-refractivity contribution in [3.05, 3.63) is 73.1 Å². The van der Waals surface area contributed by atoms with Gasteiger partial charge in [-0.3, -0.25) is 29.1 Å². The molecule has 0 saturated heterocycles. The fourth-order valence-electron chi connectivity index (χ4n) is 6.08. The zero-order chi connectivity index (χ0) is 50.2. The zero-order valence-corrected chi connectivity index (χ0v) is 37.6. The van der Waals surface area contributed by atoms with Crippen LogP contribution in [0.3, 0.4) is 0 Å². The second-order valence-corrected chi connectivity index (χ2v) is 15.3. The normalized spacial score (nSPS) is 11.1. The van der Waals surface area contributed by atoms with Crippen LogP contribution in [-0.4, -0.2) is 107 Å². The van der Waals surface area contributed by atoms with Crippen molar-refractivity contribution in [2.75, 3.05) is 49.9 Å². The molecule has 0 fully saturated rings. The van der Waals surface area contributed by atoms with Crippen molar-refractivity contribution in [1.82, 2.24) is 31.2 Å². The first kappa shape index (κ1) is 57.7. The largest absolute Gasteiger partial charge is 0.490 e. The van der Waals surface area contributed by atoms with Crippen molar-refractivity contribution in [2.45, 2.75) is 102 Å². The molecule has 0 atom stereocenters. The van der Waals surface area contributed by atoms with Gasteiger partial charge in [0.05, 0.1) is 11.0 Å². The number of fused-ring (bicyclic) bond motifs is 2. The van der Waals surface area contributed by atoms with Crippen molar-refractivity contribution >= 4 is 68.7 Å². The number of anilines is 2. The molecule has 0 radical (unpaired) electrons. The zero-order valence-electron chi connectivity index (χ0n) is 37.6. The third-order valence-electron chi connectivity index (χ3n) is 9.58. The summed E-state index contributed by atoms with van der Waals surface area (Å²) in [5.41, 5.74) is 3.15. The van der Waals surface area contributed by atoms with Crippen LogP contribution in [0.4, 0.5) is 37.7 Å². The third-order valence-corrected chi connectivity index (χ3v) is 9.58. The molecule has 4 aromatic rings. The Morgan fingerprint density at radius 3 is 1.12 bits per heavy atom. The first-order chi connectivity index (χ1) is 32.3. The maximum absolute atomic E-state index is 12.3. The Kier molecular flexibility index (Phi) is 27.4. The summed E-state index contributed by atoms with van der Waals surface area (Å²) >= 11 is 0. The van der Waals surface area contributed by atoms with E-state index in [4.69, 9.17) is 19.8 Å². The number of halogens is 6. The van der Waals surface area contributed by atoms with E-state index in [1.807, 2.05) is 60.7 Å². The quantitative estimate of drug-likeness (QED) is 0.0214. The third kappa shape index (κ3) is 27.3. The number of hydrogen-bond donors (Lipinski definition) is 8. The molecular formula is C46H60F6N8O8. The van der Waals surface area contributed by atoms with E-state index >= 15 is 0 Å². The maximum Gasteiger partial charge on any atom is 0.490 e. The predicted octanol–water partition coefficient (Wildman–Crippen LogP) is 7.50. The van der Waals surface area contributed by atoms with Gasteiger partial charge in [0.15, 0.2) is 0 Å². The number of amides is 4. The molecule has 0 aliphatic heterocycles. The number of nitrogens with one attached hydrogen (secondary N) is 6. The average Bonchev–Trinajstić information content (AvgIpc) is 3.29. The van der Waals surface area contributed by atoms with Crippen LogP contribution in [0.2, 0.25) is 0 Å². The van der Waals surface area contributed by atoms with Crippen LogP contribution >= 0.6 is 0 Å². The van der Waals surface area contributed by atoms with Crippen molar-refractivity contribution in [2.24, 2.45) is 0 Å². The number of nitrogens with zero attached hydrogens (tertiary/aromatic N) is 2. The molecule has 8 N–H and O–H groups in total. The number of carbonyl (C=O) groups excluding carboxylic acids is 4. The lowest BCUT2D eigenvalue weighted by atomic mass is 10.1. The summed E-state index contributed by atoms with van der Waals surface area (Å²) in [5.74, 6) is -6.07. The number of carboxylic acids is 2. The van der Waals surface area contributed by atoms with E-state index in [2.05, 4.69) is 41.9 Å². The number of alkyl halides is 6. The lowest BCUT2D eigenvalue weighted by molar-refractivity contribution is -0.193. The summed E-state index contributed by atoms with van der Waals surface area (Å²) < 4.78 is 63.5. The molecule has 0 aliphatic carbocycles. The average molecular weight is 967 g/mol. The lowest BCUT2D eigenvalue weighted by Gasteiger charge is -2.08. The van der Waals surface area contributed by atoms with Gasteiger partial charge < -0.3 is 42.1 Å². The summed E-state index contributed by atoms with van der Waals surface area (Å²) in [5, 5.41) is 34.6. The molecule has 2 aromatic carbocycles. The Morgan fingerprint density at radius 1 is 0.441 bits per heavy atom. The van der Waals surface area contributed by atoms with Crippen LogP contribution in [0, 0.1) is 0 Å². The van der Waals surface area contributed by atoms with Crippen LogP contribution in [0.1, 0.15) is 89.9 Å². The van der Waals surface area contributed by atoms with Gasteiger partial charge in [0.25, 0.3) is 0 Å². The van der Waals surface area contributed by atoms with E-state index in [0.29, 0.717) is 24.5 Å². The minimum atomic E-state index is -5.08. The highest BCUT2D eigenvalue weighted by Gasteiger charge is 2.38. The lowest BCUT2D eigenvalue weighted by Crippen LogP contribution is -2.28. The Labute approximate surface area is 389 Å². The number of pyridine rings is 2. The van der Waals surface area contributed by atoms with Crippen LogP contribution < -0.4 is 31.9 Å². The van der Waals surface area contributed by atoms with Crippen LogP contribution in [0.15, 0.2) is 73.1 Å². The number of hydrogen-bond acceptors (Lipinski definition) is 10. The summed E-state index contributed by atoms with van der Waals surface area (Å²) in [6, 6.07) is 18.8. The molecule has 0 unspecified atom stereocenters. The Bertz CT molecular complexity index is 2030. The maximum atomic E-state index is 12.3. The first-order valence-electron chi connectivity index (χ1n) is 22.2. The molecule has 4 rings (SSSR count). The monoisotopic (exact) mass is 966 g/mol. The number of aromatic nitrogens is 2. The van der Waals surface area contributed by atoms with Gasteiger partial charge in [-0.25, -0.2) is 9.59 Å². The van der Waals surface area contributed by atoms with Crippen molar-refractivity contribution in [3.63, 3.8) is 0 Å². The molecule has 0 saturated carbocycles. The number of carbonyl (C=O) groups is 6. The first-order valence-corrected chi connectivity index (χ1v) is 22.2. The van der Waals surface area contributed by atoms with Crippen LogP contribution in [0.5, 0.6) is 0 Å². The van der Waals surface area contributed by atoms with Gasteiger partial charge in [-0.05, 0) is 100 Å². The van der Waals surface area contributed by atoms with Gasteiger partial charge in [0, 0.05) is 73.3 Å². The molecule has 68 heavy (non-hydrogen) atoms. The molecule has 2 aromatic heterocycles. The van der Waals surface area contributed by atoms with Gasteiger partial charge in [-0.1, -0.05) is 50.7 Å². The van der Waals surface area contributed by atoms with Gasteiger partial charge in [0.2, 0.25) is 23.6 Å². The van der Waals surface area contributed by atoms with Crippen LogP contribution in [-0.2, 0) is 28.8 Å². The highest BCUT2D eigenvalue weighted by Crippen LogP contribution is 2.19. The van der Waals surface area contributed by atoms with Gasteiger partial charge >= 0.3 is 24.3 Å². The molecular weight excluding hydrogens is 907 g/mol. The van der Waals surface area contributed by atoms with Gasteiger partial charge in [0.1, 0.15) is 0 Å². The summed E-state index contributed by atoms with van der Waals surface area (Å²) in [6.45, 7) is 4.94. The smallest absolute Gasteiger partial charge is 0.475 e. The van der Waals surface area contributed by atoms with Crippen molar-refractivity contribution < 1.29 is 65.3 Å². The second kappa shape index (κ2) is 32.3. The predicted molar refractivity (Wildman–Crippen MR) is 245 cm³/mol. The molecule has 0 spiro atoms. The molecule has 22 heteroatoms. The fourth-order valence-corrected chi connectivity index (χ4v) is 6.08. The van der Waals surface area contributed by atoms with E-state index in [1.165, 1.54) is 51.4 Å². The van der Waals surface area contributed by atoms with E-state index in [0.717, 1.165) is 60.8 Å². The number of rotatable bonds is 27. The van der Waals surface area contributed by atoms with E-state index in [9.17, 15) is 45.5 Å². The van der Waals surface area contributed by atoms with Crippen molar-refractivity contribution in [1.29, 1.82) is 0 Å². The summed E-state index contributed by atoms with van der Waals surface area (Å²) in [7, 11) is 0. The molecule has 16 nitrogen and oxygen atoms in total. The topological polar surface area (TPSA) is 241 Å². The molecule has 2 heterocycles. The fraction of sp³-hybridized carbons (Fsp3) is 0.478. The summed E-state index contributed by atoms with van der Waals surface area (Å²) in [6.07, 6.45) is 5.56. The number of aliphatic carboxylic acids is 2.